The van der Waals surface area contributed by atoms with E-state index in [-0.39, 0.29) is 0 Å². The fourth-order valence-electron chi connectivity index (χ4n) is 8.46. The molecule has 0 aliphatic carbocycles. The zero-order valence-electron chi connectivity index (χ0n) is 31.9. The molecule has 8 aromatic carbocycles. The molecular weight excluding hydrogens is 707 g/mol. The van der Waals surface area contributed by atoms with Gasteiger partial charge in [-0.05, 0) is 84.2 Å². The normalized spacial score (nSPS) is 12.5. The van der Waals surface area contributed by atoms with Gasteiger partial charge in [0.15, 0.2) is 17.5 Å². The van der Waals surface area contributed by atoms with E-state index in [9.17, 15) is 0 Å². The third-order valence-corrected chi connectivity index (χ3v) is 14.9. The minimum Gasteiger partial charge on any atom is -0.208 e. The van der Waals surface area contributed by atoms with Gasteiger partial charge in [-0.15, -0.1) is 0 Å². The van der Waals surface area contributed by atoms with E-state index in [4.69, 9.17) is 15.0 Å². The molecule has 0 saturated carbocycles. The molecule has 4 heteroatoms. The first-order valence-corrected chi connectivity index (χ1v) is 22.5. The Morgan fingerprint density at radius 1 is 0.281 bits per heavy atom. The van der Waals surface area contributed by atoms with Gasteiger partial charge in [0, 0.05) is 16.7 Å². The number of benzene rings is 8. The van der Waals surface area contributed by atoms with Gasteiger partial charge in [-0.25, -0.2) is 15.0 Å². The second-order valence-corrected chi connectivity index (χ2v) is 19.5. The number of nitrogens with zero attached hydrogens (tertiary/aromatic N) is 3. The lowest BCUT2D eigenvalue weighted by Gasteiger charge is -2.22. The van der Waals surface area contributed by atoms with Gasteiger partial charge in [0.05, 0.1) is 0 Å². The third kappa shape index (κ3) is 6.40. The van der Waals surface area contributed by atoms with Crippen LogP contribution in [0, 0.1) is 0 Å². The minimum atomic E-state index is -1.86. The van der Waals surface area contributed by atoms with Crippen LogP contribution in [0.2, 0.25) is 13.1 Å². The van der Waals surface area contributed by atoms with Gasteiger partial charge in [0.25, 0.3) is 0 Å². The highest BCUT2D eigenvalue weighted by atomic mass is 28.3. The van der Waals surface area contributed by atoms with Crippen LogP contribution in [0.3, 0.4) is 0 Å². The second-order valence-electron chi connectivity index (χ2n) is 15.3. The van der Waals surface area contributed by atoms with Gasteiger partial charge < -0.3 is 0 Å². The van der Waals surface area contributed by atoms with Crippen molar-refractivity contribution in [1.29, 1.82) is 0 Å². The Hall–Kier alpha value is -7.01. The molecule has 0 atom stereocenters. The van der Waals surface area contributed by atoms with E-state index < -0.39 is 8.07 Å². The molecule has 0 N–H and O–H groups in total. The molecule has 3 nitrogen and oxygen atoms in total. The average molecular weight is 746 g/mol. The average Bonchev–Trinajstić information content (AvgIpc) is 3.53. The van der Waals surface area contributed by atoms with E-state index in [2.05, 4.69) is 177 Å². The molecule has 0 amide bonds. The molecule has 0 fully saturated rings. The first-order chi connectivity index (χ1) is 28.0. The predicted molar refractivity (Wildman–Crippen MR) is 240 cm³/mol. The van der Waals surface area contributed by atoms with Crippen molar-refractivity contribution in [2.45, 2.75) is 13.1 Å². The highest BCUT2D eigenvalue weighted by Crippen LogP contribution is 2.36. The van der Waals surface area contributed by atoms with E-state index in [1.54, 1.807) is 5.19 Å². The van der Waals surface area contributed by atoms with Crippen LogP contribution in [-0.4, -0.2) is 23.0 Å². The third-order valence-electron chi connectivity index (χ3n) is 11.3. The number of rotatable bonds is 7. The summed E-state index contributed by atoms with van der Waals surface area (Å²) in [5.74, 6) is 1.94. The standard InChI is InChI=1S/C53H39N3Si/c1-57(2)49-28-10-9-25-47(49)48-27-14-26-46(50(48)57)44-23-12-22-43(34-44)42-21-11-19-40(33-42)37-29-31-39(32-30-37)52-54-51(38-17-7-4-8-18-38)55-53(56-52)45-24-13-20-41(35-45)36-15-5-3-6-16-36/h3-35H,1-2H3. The molecule has 0 radical (unpaired) electrons. The monoisotopic (exact) mass is 745 g/mol. The van der Waals surface area contributed by atoms with Crippen molar-refractivity contribution < 1.29 is 0 Å². The Morgan fingerprint density at radius 2 is 0.649 bits per heavy atom. The van der Waals surface area contributed by atoms with Crippen molar-refractivity contribution in [1.82, 2.24) is 15.0 Å². The minimum absolute atomic E-state index is 0.641. The van der Waals surface area contributed by atoms with Crippen LogP contribution in [0.1, 0.15) is 0 Å². The summed E-state index contributed by atoms with van der Waals surface area (Å²) in [7, 11) is -1.86. The Balaban J connectivity index is 0.977. The fourth-order valence-corrected chi connectivity index (χ4v) is 11.9. The number of fused-ring (bicyclic) bond motifs is 3. The molecule has 270 valence electrons. The Labute approximate surface area is 335 Å². The summed E-state index contributed by atoms with van der Waals surface area (Å²) in [6.45, 7) is 4.99. The summed E-state index contributed by atoms with van der Waals surface area (Å²) >= 11 is 0. The SMILES string of the molecule is C[Si]1(C)c2ccccc2-c2cccc(-c3cccc(-c4cccc(-c5ccc(-c6nc(-c7ccccc7)nc(-c7cccc(-c8ccccc8)c7)n6)cc5)c4)c3)c21. The first-order valence-electron chi connectivity index (χ1n) is 19.5. The van der Waals surface area contributed by atoms with Crippen LogP contribution in [0.4, 0.5) is 0 Å². The molecule has 2 heterocycles. The number of hydrogen-bond acceptors (Lipinski definition) is 3. The van der Waals surface area contributed by atoms with E-state index in [1.807, 2.05) is 36.4 Å². The summed E-state index contributed by atoms with van der Waals surface area (Å²) in [6, 6.07) is 71.3. The molecule has 0 spiro atoms. The van der Waals surface area contributed by atoms with Crippen LogP contribution in [-0.2, 0) is 0 Å². The molecule has 1 aromatic heterocycles. The van der Waals surface area contributed by atoms with Crippen LogP contribution < -0.4 is 10.4 Å². The van der Waals surface area contributed by atoms with Crippen molar-refractivity contribution in [3.05, 3.63) is 200 Å². The highest BCUT2D eigenvalue weighted by Gasteiger charge is 2.39. The lowest BCUT2D eigenvalue weighted by Crippen LogP contribution is -2.50. The zero-order valence-corrected chi connectivity index (χ0v) is 32.9. The van der Waals surface area contributed by atoms with Gasteiger partial charge in [0.2, 0.25) is 0 Å². The smallest absolute Gasteiger partial charge is 0.164 e. The van der Waals surface area contributed by atoms with E-state index >= 15 is 0 Å². The first kappa shape index (κ1) is 34.5. The van der Waals surface area contributed by atoms with Crippen molar-refractivity contribution >= 4 is 18.4 Å². The quantitative estimate of drug-likeness (QED) is 0.153. The van der Waals surface area contributed by atoms with Gasteiger partial charge in [-0.2, -0.15) is 0 Å². The molecule has 57 heavy (non-hydrogen) atoms. The number of hydrogen-bond donors (Lipinski definition) is 0. The van der Waals surface area contributed by atoms with Gasteiger partial charge in [0.1, 0.15) is 8.07 Å². The molecule has 0 saturated heterocycles. The lowest BCUT2D eigenvalue weighted by atomic mass is 9.94. The zero-order chi connectivity index (χ0) is 38.3. The van der Waals surface area contributed by atoms with Gasteiger partial charge in [-0.3, -0.25) is 0 Å². The van der Waals surface area contributed by atoms with Crippen molar-refractivity contribution in [2.75, 3.05) is 0 Å². The number of aromatic nitrogens is 3. The summed E-state index contributed by atoms with van der Waals surface area (Å²) in [5.41, 5.74) is 15.2. The second kappa shape index (κ2) is 14.2. The summed E-state index contributed by atoms with van der Waals surface area (Å²) < 4.78 is 0. The van der Waals surface area contributed by atoms with Gasteiger partial charge >= 0.3 is 0 Å². The van der Waals surface area contributed by atoms with Crippen molar-refractivity contribution in [3.63, 3.8) is 0 Å². The van der Waals surface area contributed by atoms with Crippen LogP contribution in [0.25, 0.3) is 89.8 Å². The predicted octanol–water partition coefficient (Wildman–Crippen LogP) is 12.3. The maximum atomic E-state index is 5.05. The molecule has 0 bridgehead atoms. The Kier molecular flexibility index (Phi) is 8.62. The van der Waals surface area contributed by atoms with Crippen LogP contribution in [0.5, 0.6) is 0 Å². The topological polar surface area (TPSA) is 38.7 Å². The van der Waals surface area contributed by atoms with E-state index in [0.29, 0.717) is 17.5 Å². The molecule has 0 unspecified atom stereocenters. The van der Waals surface area contributed by atoms with E-state index in [0.717, 1.165) is 38.9 Å². The summed E-state index contributed by atoms with van der Waals surface area (Å²) in [4.78, 5) is 15.0. The largest absolute Gasteiger partial charge is 0.208 e. The van der Waals surface area contributed by atoms with E-state index in [1.165, 1.54) is 38.6 Å². The van der Waals surface area contributed by atoms with Crippen LogP contribution >= 0.6 is 0 Å². The molecule has 10 rings (SSSR count). The molecule has 1 aliphatic heterocycles. The fraction of sp³-hybridized carbons (Fsp3) is 0.0377. The molecular formula is C53H39N3Si. The Bertz CT molecular complexity index is 2920. The lowest BCUT2D eigenvalue weighted by molar-refractivity contribution is 1.07. The van der Waals surface area contributed by atoms with Crippen LogP contribution in [0.15, 0.2) is 200 Å². The van der Waals surface area contributed by atoms with Crippen molar-refractivity contribution in [3.8, 4) is 89.8 Å². The maximum Gasteiger partial charge on any atom is 0.164 e. The molecule has 9 aromatic rings. The van der Waals surface area contributed by atoms with Gasteiger partial charge in [-0.1, -0.05) is 195 Å². The summed E-state index contributed by atoms with van der Waals surface area (Å²) in [5, 5.41) is 3.07. The van der Waals surface area contributed by atoms with Crippen molar-refractivity contribution in [2.24, 2.45) is 0 Å². The Morgan fingerprint density at radius 3 is 1.30 bits per heavy atom. The molecule has 1 aliphatic rings. The maximum absolute atomic E-state index is 5.05. The highest BCUT2D eigenvalue weighted by molar-refractivity contribution is 7.04. The summed E-state index contributed by atoms with van der Waals surface area (Å²) in [6.07, 6.45) is 0.